The highest BCUT2D eigenvalue weighted by molar-refractivity contribution is 5.37. The van der Waals surface area contributed by atoms with Gasteiger partial charge in [-0.2, -0.15) is 0 Å². The molecule has 2 heterocycles. The van der Waals surface area contributed by atoms with E-state index in [2.05, 4.69) is 22.0 Å². The van der Waals surface area contributed by atoms with Crippen LogP contribution >= 0.6 is 0 Å². The molecule has 1 saturated heterocycles. The molecule has 2 aromatic rings. The van der Waals surface area contributed by atoms with Crippen LogP contribution in [0.2, 0.25) is 0 Å². The van der Waals surface area contributed by atoms with Crippen LogP contribution in [0.25, 0.3) is 0 Å². The number of likely N-dealkylation sites (tertiary alicyclic amines) is 1. The molecule has 0 unspecified atom stereocenters. The summed E-state index contributed by atoms with van der Waals surface area (Å²) in [6.45, 7) is 3.77. The Morgan fingerprint density at radius 1 is 1.12 bits per heavy atom. The predicted molar refractivity (Wildman–Crippen MR) is 96.7 cm³/mol. The van der Waals surface area contributed by atoms with E-state index in [0.717, 1.165) is 50.4 Å². The fourth-order valence-electron chi connectivity index (χ4n) is 3.06. The lowest BCUT2D eigenvalue weighted by Gasteiger charge is -2.32. The first-order valence-electron chi connectivity index (χ1n) is 8.96. The monoisotopic (exact) mass is 342 g/mol. The molecular weight excluding hydrogens is 316 g/mol. The fraction of sp³-hybridized carbons (Fsp3) is 0.450. The van der Waals surface area contributed by atoms with E-state index in [1.807, 2.05) is 24.3 Å². The number of rotatable bonds is 8. The average Bonchev–Trinajstić information content (AvgIpc) is 2.66. The number of aliphatic hydroxyl groups excluding tert-OH is 1. The zero-order valence-corrected chi connectivity index (χ0v) is 14.5. The largest absolute Gasteiger partial charge is 0.455 e. The molecule has 3 rings (SSSR count). The van der Waals surface area contributed by atoms with Gasteiger partial charge in [0.1, 0.15) is 11.5 Å². The molecule has 0 saturated carbocycles. The van der Waals surface area contributed by atoms with Crippen molar-refractivity contribution in [2.75, 3.05) is 26.3 Å². The maximum absolute atomic E-state index is 8.83. The van der Waals surface area contributed by atoms with E-state index >= 15 is 0 Å². The Labute approximate surface area is 149 Å². The summed E-state index contributed by atoms with van der Waals surface area (Å²) >= 11 is 0. The first-order chi connectivity index (χ1) is 12.3. The summed E-state index contributed by atoms with van der Waals surface area (Å²) in [7, 11) is 0. The standard InChI is InChI=1S/C20H26N2O3/c23-13-4-14-24-18-8-11-22(12-9-18)16-17-5-1-2-7-20(17)25-19-6-3-10-21-15-19/h1-3,5-7,10,15,18,23H,4,8-9,11-14,16H2. The van der Waals surface area contributed by atoms with Gasteiger partial charge in [0.15, 0.2) is 0 Å². The summed E-state index contributed by atoms with van der Waals surface area (Å²) < 4.78 is 11.8. The number of piperidine rings is 1. The van der Waals surface area contributed by atoms with E-state index < -0.39 is 0 Å². The lowest BCUT2D eigenvalue weighted by molar-refractivity contribution is 0.000709. The van der Waals surface area contributed by atoms with Crippen molar-refractivity contribution in [2.45, 2.75) is 31.9 Å². The van der Waals surface area contributed by atoms with Crippen molar-refractivity contribution >= 4 is 0 Å². The number of nitrogens with zero attached hydrogens (tertiary/aromatic N) is 2. The minimum absolute atomic E-state index is 0.201. The maximum Gasteiger partial charge on any atom is 0.145 e. The molecule has 25 heavy (non-hydrogen) atoms. The third kappa shape index (κ3) is 5.53. The van der Waals surface area contributed by atoms with Gasteiger partial charge in [-0.15, -0.1) is 0 Å². The SMILES string of the molecule is OCCCOC1CCN(Cc2ccccc2Oc2cccnc2)CC1. The van der Waals surface area contributed by atoms with Crippen molar-refractivity contribution in [3.63, 3.8) is 0 Å². The first kappa shape index (κ1) is 17.9. The normalized spacial score (nSPS) is 16.0. The smallest absolute Gasteiger partial charge is 0.145 e. The molecule has 1 aliphatic heterocycles. The van der Waals surface area contributed by atoms with Gasteiger partial charge < -0.3 is 14.6 Å². The number of hydrogen-bond acceptors (Lipinski definition) is 5. The molecule has 0 aliphatic carbocycles. The highest BCUT2D eigenvalue weighted by Gasteiger charge is 2.20. The molecule has 1 aliphatic rings. The Hall–Kier alpha value is -1.95. The van der Waals surface area contributed by atoms with Gasteiger partial charge >= 0.3 is 0 Å². The first-order valence-corrected chi connectivity index (χ1v) is 8.96. The molecule has 1 aromatic heterocycles. The van der Waals surface area contributed by atoms with Crippen LogP contribution in [-0.2, 0) is 11.3 Å². The van der Waals surface area contributed by atoms with Crippen molar-refractivity contribution in [1.29, 1.82) is 0 Å². The molecular formula is C20H26N2O3. The van der Waals surface area contributed by atoms with Gasteiger partial charge in [-0.05, 0) is 37.5 Å². The number of hydrogen-bond donors (Lipinski definition) is 1. The number of aromatic nitrogens is 1. The lowest BCUT2D eigenvalue weighted by atomic mass is 10.1. The Morgan fingerprint density at radius 3 is 2.72 bits per heavy atom. The Kier molecular flexibility index (Phi) is 6.79. The molecule has 5 heteroatoms. The van der Waals surface area contributed by atoms with Gasteiger partial charge in [0.25, 0.3) is 0 Å². The second-order valence-corrected chi connectivity index (χ2v) is 6.32. The Balaban J connectivity index is 1.54. The zero-order chi connectivity index (χ0) is 17.3. The number of pyridine rings is 1. The van der Waals surface area contributed by atoms with E-state index in [4.69, 9.17) is 14.6 Å². The number of aliphatic hydroxyl groups is 1. The summed E-state index contributed by atoms with van der Waals surface area (Å²) in [5.74, 6) is 1.64. The third-order valence-electron chi connectivity index (χ3n) is 4.42. The van der Waals surface area contributed by atoms with E-state index in [0.29, 0.717) is 12.7 Å². The molecule has 1 N–H and O–H groups in total. The van der Waals surface area contributed by atoms with Crippen molar-refractivity contribution < 1.29 is 14.6 Å². The van der Waals surface area contributed by atoms with Crippen LogP contribution in [0.1, 0.15) is 24.8 Å². The number of ether oxygens (including phenoxy) is 2. The van der Waals surface area contributed by atoms with Gasteiger partial charge in [-0.1, -0.05) is 18.2 Å². The fourth-order valence-corrected chi connectivity index (χ4v) is 3.06. The molecule has 1 fully saturated rings. The second kappa shape index (κ2) is 9.51. The van der Waals surface area contributed by atoms with Crippen molar-refractivity contribution in [2.24, 2.45) is 0 Å². The number of benzene rings is 1. The second-order valence-electron chi connectivity index (χ2n) is 6.32. The minimum Gasteiger partial charge on any atom is -0.455 e. The zero-order valence-electron chi connectivity index (χ0n) is 14.5. The van der Waals surface area contributed by atoms with Crippen LogP contribution in [0.15, 0.2) is 48.8 Å². The van der Waals surface area contributed by atoms with Crippen LogP contribution in [0.5, 0.6) is 11.5 Å². The summed E-state index contributed by atoms with van der Waals surface area (Å²) in [4.78, 5) is 6.54. The van der Waals surface area contributed by atoms with E-state index in [9.17, 15) is 0 Å². The number of para-hydroxylation sites is 1. The van der Waals surface area contributed by atoms with Crippen molar-refractivity contribution in [3.8, 4) is 11.5 Å². The quantitative estimate of drug-likeness (QED) is 0.747. The van der Waals surface area contributed by atoms with E-state index in [-0.39, 0.29) is 6.61 Å². The van der Waals surface area contributed by atoms with Crippen LogP contribution in [0, 0.1) is 0 Å². The molecule has 5 nitrogen and oxygen atoms in total. The van der Waals surface area contributed by atoms with Crippen LogP contribution < -0.4 is 4.74 Å². The van der Waals surface area contributed by atoms with Crippen LogP contribution in [-0.4, -0.2) is 47.4 Å². The lowest BCUT2D eigenvalue weighted by Crippen LogP contribution is -2.36. The van der Waals surface area contributed by atoms with Crippen molar-refractivity contribution in [3.05, 3.63) is 54.4 Å². The highest BCUT2D eigenvalue weighted by atomic mass is 16.5. The van der Waals surface area contributed by atoms with Gasteiger partial charge in [-0.25, -0.2) is 0 Å². The average molecular weight is 342 g/mol. The van der Waals surface area contributed by atoms with Crippen LogP contribution in [0.3, 0.4) is 0 Å². The molecule has 0 amide bonds. The van der Waals surface area contributed by atoms with Gasteiger partial charge in [-0.3, -0.25) is 9.88 Å². The summed E-state index contributed by atoms with van der Waals surface area (Å²) in [6.07, 6.45) is 6.59. The Bertz CT molecular complexity index is 628. The summed E-state index contributed by atoms with van der Waals surface area (Å²) in [5, 5.41) is 8.83. The van der Waals surface area contributed by atoms with Gasteiger partial charge in [0.05, 0.1) is 12.3 Å². The summed E-state index contributed by atoms with van der Waals surface area (Å²) in [6, 6.07) is 12.0. The van der Waals surface area contributed by atoms with Gasteiger partial charge in [0, 0.05) is 44.6 Å². The molecule has 0 bridgehead atoms. The van der Waals surface area contributed by atoms with E-state index in [1.54, 1.807) is 12.4 Å². The molecule has 0 radical (unpaired) electrons. The van der Waals surface area contributed by atoms with Crippen LogP contribution in [0.4, 0.5) is 0 Å². The molecule has 0 spiro atoms. The maximum atomic E-state index is 8.83. The minimum atomic E-state index is 0.201. The highest BCUT2D eigenvalue weighted by Crippen LogP contribution is 2.26. The molecule has 0 atom stereocenters. The summed E-state index contributed by atoms with van der Waals surface area (Å²) in [5.41, 5.74) is 1.19. The van der Waals surface area contributed by atoms with Gasteiger partial charge in [0.2, 0.25) is 0 Å². The predicted octanol–water partition coefficient (Wildman–Crippen LogP) is 3.24. The molecule has 134 valence electrons. The van der Waals surface area contributed by atoms with Crippen molar-refractivity contribution in [1.82, 2.24) is 9.88 Å². The topological polar surface area (TPSA) is 54.8 Å². The molecule has 1 aromatic carbocycles. The van der Waals surface area contributed by atoms with E-state index in [1.165, 1.54) is 5.56 Å². The Morgan fingerprint density at radius 2 is 1.96 bits per heavy atom. The third-order valence-corrected chi connectivity index (χ3v) is 4.42.